The van der Waals surface area contributed by atoms with Crippen LogP contribution in [0.1, 0.15) is 11.3 Å². The van der Waals surface area contributed by atoms with Gasteiger partial charge in [-0.3, -0.25) is 19.4 Å². The number of carboxylic acid groups (broad SMARTS) is 1. The summed E-state index contributed by atoms with van der Waals surface area (Å²) < 4.78 is -1.29. The van der Waals surface area contributed by atoms with Crippen LogP contribution in [0.25, 0.3) is 0 Å². The number of amides is 2. The van der Waals surface area contributed by atoms with Gasteiger partial charge in [-0.15, -0.1) is 23.5 Å². The maximum atomic E-state index is 13.0. The number of nitrogens with one attached hydrogen (secondary N) is 1. The zero-order chi connectivity index (χ0) is 26.6. The first-order chi connectivity index (χ1) is 17.8. The fraction of sp³-hybridized carbons (Fsp3) is 0.364. The van der Waals surface area contributed by atoms with Crippen LogP contribution in [0.5, 0.6) is 0 Å². The molecule has 15 heteroatoms. The number of carbonyl (C=O) groups excluding carboxylic acids is 2. The first kappa shape index (κ1) is 27.0. The monoisotopic (exact) mass is 563 g/mol. The van der Waals surface area contributed by atoms with E-state index in [4.69, 9.17) is 11.5 Å². The average molecular weight is 564 g/mol. The summed E-state index contributed by atoms with van der Waals surface area (Å²) in [5, 5.41) is 24.7. The lowest BCUT2D eigenvalue weighted by atomic mass is 10.0. The molecule has 4 rings (SSSR count). The number of anilines is 1. The molecule has 0 saturated carbocycles. The number of nitrogens with zero attached hydrogens (tertiary/aromatic N) is 4. The molecule has 0 bridgehead atoms. The molecule has 37 heavy (non-hydrogen) atoms. The molecule has 2 aliphatic rings. The van der Waals surface area contributed by atoms with Crippen LogP contribution in [-0.2, 0) is 20.1 Å². The Kier molecular flexibility index (Phi) is 8.46. The highest BCUT2D eigenvalue weighted by Gasteiger charge is 2.58. The van der Waals surface area contributed by atoms with Crippen LogP contribution in [0.4, 0.5) is 5.82 Å². The second-order valence-corrected chi connectivity index (χ2v) is 11.9. The Labute approximate surface area is 225 Å². The van der Waals surface area contributed by atoms with Gasteiger partial charge in [0.25, 0.3) is 5.91 Å². The molecule has 2 aromatic heterocycles. The second-order valence-electron chi connectivity index (χ2n) is 8.24. The summed E-state index contributed by atoms with van der Waals surface area (Å²) in [6.45, 7) is 0.517. The zero-order valence-electron chi connectivity index (χ0n) is 19.4. The minimum absolute atomic E-state index is 0.0299. The summed E-state index contributed by atoms with van der Waals surface area (Å²) in [6, 6.07) is 5.48. The second kappa shape index (κ2) is 11.6. The topological polar surface area (TPSA) is 197 Å². The number of β-lactam (4-membered cyclic amide) rings is 1. The number of oxime groups is 1. The number of thioether (sulfide) groups is 3. The van der Waals surface area contributed by atoms with Crippen LogP contribution < -0.4 is 16.8 Å². The number of pyridine rings is 2. The molecule has 7 N–H and O–H groups in total. The van der Waals surface area contributed by atoms with Gasteiger partial charge in [-0.05, 0) is 23.8 Å². The molecule has 3 atom stereocenters. The summed E-state index contributed by atoms with van der Waals surface area (Å²) in [4.78, 5) is 48.5. The van der Waals surface area contributed by atoms with Crippen LogP contribution in [0.3, 0.4) is 0 Å². The molecular weight excluding hydrogens is 538 g/mol. The first-order valence-electron chi connectivity index (χ1n) is 11.1. The number of fused-ring (bicyclic) bond motifs is 1. The third-order valence-electron chi connectivity index (χ3n) is 5.75. The van der Waals surface area contributed by atoms with Gasteiger partial charge < -0.3 is 32.0 Å². The highest BCUT2D eigenvalue weighted by atomic mass is 32.2. The summed E-state index contributed by atoms with van der Waals surface area (Å²) in [5.74, 6) is -0.456. The third-order valence-corrected chi connectivity index (χ3v) is 9.93. The first-order valence-corrected chi connectivity index (χ1v) is 14.1. The van der Waals surface area contributed by atoms with Crippen LogP contribution in [0.15, 0.2) is 46.7 Å². The maximum Gasteiger partial charge on any atom is 0.322 e. The molecule has 2 fully saturated rings. The number of nitrogens with two attached hydrogens (primary N) is 2. The van der Waals surface area contributed by atoms with E-state index in [0.717, 1.165) is 16.2 Å². The number of rotatable bonds is 10. The molecule has 1 unspecified atom stereocenters. The van der Waals surface area contributed by atoms with E-state index in [9.17, 15) is 24.7 Å². The molecule has 0 spiro atoms. The highest BCUT2D eigenvalue weighted by molar-refractivity contribution is 8.05. The minimum Gasteiger partial charge on any atom is -0.480 e. The van der Waals surface area contributed by atoms with Crippen molar-refractivity contribution in [2.24, 2.45) is 10.9 Å². The van der Waals surface area contributed by atoms with Crippen molar-refractivity contribution in [2.45, 2.75) is 26.8 Å². The average Bonchev–Trinajstić information content (AvgIpc) is 2.89. The molecule has 12 nitrogen and oxygen atoms in total. The van der Waals surface area contributed by atoms with Gasteiger partial charge in [-0.1, -0.05) is 11.2 Å². The minimum atomic E-state index is -1.29. The number of hydrogen-bond donors (Lipinski definition) is 5. The standard InChI is InChI=1S/C22H25N7O5S3/c23-5-7-35-9-12-4-6-25-8-14(12)37-22(21(32)33)10-29-19(31)17(20(29)36-11-22)27-18(30)16(28-34)13-2-1-3-15(24)26-13/h1-4,6,8,17,20,34H,5,7,9-11,23H2,(H2,24,26)(H,27,30)(H,32,33)/t17-,20-,22?/m1/s1. The fourth-order valence-corrected chi connectivity index (χ4v) is 7.69. The van der Waals surface area contributed by atoms with Gasteiger partial charge in [0.1, 0.15) is 27.7 Å². The molecule has 0 radical (unpaired) electrons. The van der Waals surface area contributed by atoms with Gasteiger partial charge in [-0.2, -0.15) is 11.8 Å². The lowest BCUT2D eigenvalue weighted by molar-refractivity contribution is -0.151. The van der Waals surface area contributed by atoms with Gasteiger partial charge in [0.15, 0.2) is 5.71 Å². The van der Waals surface area contributed by atoms with Crippen LogP contribution in [0, 0.1) is 0 Å². The highest BCUT2D eigenvalue weighted by Crippen LogP contribution is 2.47. The number of carbonyl (C=O) groups is 3. The number of hydrogen-bond acceptors (Lipinski definition) is 12. The number of aliphatic carboxylic acids is 1. The van der Waals surface area contributed by atoms with Crippen molar-refractivity contribution in [1.29, 1.82) is 0 Å². The summed E-state index contributed by atoms with van der Waals surface area (Å²) in [7, 11) is 0. The van der Waals surface area contributed by atoms with Gasteiger partial charge in [0, 0.05) is 47.6 Å². The third kappa shape index (κ3) is 5.63. The Morgan fingerprint density at radius 3 is 2.86 bits per heavy atom. The SMILES string of the molecule is NCCSCc1ccncc1SC1(C(=O)O)CS[C@@H]2[C@H](NC(=O)C(=NO)c3cccc(N)n3)C(=O)N2C1. The fourth-order valence-electron chi connectivity index (χ4n) is 3.89. The molecule has 2 aliphatic heterocycles. The Hall–Kier alpha value is -3.01. The van der Waals surface area contributed by atoms with E-state index in [1.165, 1.54) is 40.6 Å². The van der Waals surface area contributed by atoms with Crippen molar-refractivity contribution in [3.63, 3.8) is 0 Å². The van der Waals surface area contributed by atoms with E-state index in [1.807, 2.05) is 6.07 Å². The predicted octanol–water partition coefficient (Wildman–Crippen LogP) is 0.445. The van der Waals surface area contributed by atoms with Crippen molar-refractivity contribution >= 4 is 64.6 Å². The quantitative estimate of drug-likeness (QED) is 0.0881. The molecule has 0 aliphatic carbocycles. The molecule has 196 valence electrons. The summed E-state index contributed by atoms with van der Waals surface area (Å²) >= 11 is 4.11. The Bertz CT molecular complexity index is 1230. The molecule has 2 saturated heterocycles. The molecule has 2 amide bonds. The largest absolute Gasteiger partial charge is 0.480 e. The molecular formula is C22H25N7O5S3. The van der Waals surface area contributed by atoms with Crippen molar-refractivity contribution < 1.29 is 24.7 Å². The van der Waals surface area contributed by atoms with Crippen LogP contribution >= 0.6 is 35.3 Å². The Morgan fingerprint density at radius 2 is 2.16 bits per heavy atom. The normalized spacial score (nSPS) is 23.2. The molecule has 0 aromatic carbocycles. The predicted molar refractivity (Wildman–Crippen MR) is 143 cm³/mol. The maximum absolute atomic E-state index is 13.0. The Balaban J connectivity index is 1.45. The summed E-state index contributed by atoms with van der Waals surface area (Å²) in [5.41, 5.74) is 11.8. The lowest BCUT2D eigenvalue weighted by Gasteiger charge is -2.53. The van der Waals surface area contributed by atoms with Crippen molar-refractivity contribution in [1.82, 2.24) is 20.2 Å². The van der Waals surface area contributed by atoms with E-state index < -0.39 is 33.9 Å². The number of nitrogen functional groups attached to an aromatic ring is 1. The van der Waals surface area contributed by atoms with E-state index >= 15 is 0 Å². The molecule has 2 aromatic rings. The van der Waals surface area contributed by atoms with Gasteiger partial charge in [0.05, 0.1) is 0 Å². The van der Waals surface area contributed by atoms with Gasteiger partial charge in [0.2, 0.25) is 5.91 Å². The number of aromatic nitrogens is 2. The van der Waals surface area contributed by atoms with Crippen molar-refractivity contribution in [2.75, 3.05) is 30.3 Å². The van der Waals surface area contributed by atoms with Crippen LogP contribution in [-0.4, -0.2) is 89.4 Å². The van der Waals surface area contributed by atoms with E-state index in [2.05, 4.69) is 20.4 Å². The van der Waals surface area contributed by atoms with E-state index in [0.29, 0.717) is 12.3 Å². The van der Waals surface area contributed by atoms with E-state index in [-0.39, 0.29) is 29.5 Å². The smallest absolute Gasteiger partial charge is 0.322 e. The van der Waals surface area contributed by atoms with Gasteiger partial charge >= 0.3 is 5.97 Å². The van der Waals surface area contributed by atoms with E-state index in [1.54, 1.807) is 30.2 Å². The molecule has 4 heterocycles. The zero-order valence-corrected chi connectivity index (χ0v) is 21.9. The van der Waals surface area contributed by atoms with Crippen molar-refractivity contribution in [3.05, 3.63) is 47.9 Å². The van der Waals surface area contributed by atoms with Crippen LogP contribution in [0.2, 0.25) is 0 Å². The van der Waals surface area contributed by atoms with Crippen molar-refractivity contribution in [3.8, 4) is 0 Å². The number of carboxylic acids is 1. The van der Waals surface area contributed by atoms with Gasteiger partial charge in [-0.25, -0.2) is 4.98 Å². The lowest BCUT2D eigenvalue weighted by Crippen LogP contribution is -2.74. The summed E-state index contributed by atoms with van der Waals surface area (Å²) in [6.07, 6.45) is 3.31. The Morgan fingerprint density at radius 1 is 1.35 bits per heavy atom.